The third-order valence-electron chi connectivity index (χ3n) is 2.43. The van der Waals surface area contributed by atoms with Gasteiger partial charge in [-0.05, 0) is 38.6 Å². The van der Waals surface area contributed by atoms with Gasteiger partial charge in [-0.15, -0.1) is 0 Å². The minimum atomic E-state index is 0.0909. The molecule has 0 saturated heterocycles. The normalized spacial score (nSPS) is 12.2. The Balaban J connectivity index is 2.73. The standard InChI is InChI=1S/C13H19NO2/c1-4-16-12-7-5-11(6-8-12)13(14-3)9-10(2)15/h5-8,13-14H,4,9H2,1-3H3. The molecular formula is C13H19NO2. The number of ketones is 1. The summed E-state index contributed by atoms with van der Waals surface area (Å²) in [5.41, 5.74) is 1.11. The van der Waals surface area contributed by atoms with Crippen LogP contribution in [-0.2, 0) is 4.79 Å². The molecule has 1 rings (SSSR count). The van der Waals surface area contributed by atoms with Gasteiger partial charge in [0.1, 0.15) is 11.5 Å². The van der Waals surface area contributed by atoms with E-state index in [1.54, 1.807) is 6.92 Å². The molecule has 0 aliphatic carbocycles. The zero-order chi connectivity index (χ0) is 12.0. The largest absolute Gasteiger partial charge is 0.494 e. The van der Waals surface area contributed by atoms with E-state index in [-0.39, 0.29) is 11.8 Å². The van der Waals surface area contributed by atoms with Gasteiger partial charge in [0.2, 0.25) is 0 Å². The molecule has 0 aromatic heterocycles. The van der Waals surface area contributed by atoms with Crippen molar-refractivity contribution in [2.45, 2.75) is 26.3 Å². The van der Waals surface area contributed by atoms with Crippen molar-refractivity contribution in [3.63, 3.8) is 0 Å². The van der Waals surface area contributed by atoms with Crippen molar-refractivity contribution in [2.24, 2.45) is 0 Å². The summed E-state index contributed by atoms with van der Waals surface area (Å²) in [5.74, 6) is 1.05. The molecule has 0 heterocycles. The molecule has 0 saturated carbocycles. The summed E-state index contributed by atoms with van der Waals surface area (Å²) >= 11 is 0. The molecule has 88 valence electrons. The first kappa shape index (κ1) is 12.7. The summed E-state index contributed by atoms with van der Waals surface area (Å²) < 4.78 is 5.37. The lowest BCUT2D eigenvalue weighted by atomic mass is 10.0. The van der Waals surface area contributed by atoms with E-state index in [9.17, 15) is 4.79 Å². The number of carbonyl (C=O) groups excluding carboxylic acids is 1. The highest BCUT2D eigenvalue weighted by Gasteiger charge is 2.11. The first-order valence-corrected chi connectivity index (χ1v) is 5.56. The van der Waals surface area contributed by atoms with Crippen LogP contribution < -0.4 is 10.1 Å². The van der Waals surface area contributed by atoms with Gasteiger partial charge in [-0.25, -0.2) is 0 Å². The van der Waals surface area contributed by atoms with Crippen molar-refractivity contribution < 1.29 is 9.53 Å². The van der Waals surface area contributed by atoms with Crippen LogP contribution in [0.5, 0.6) is 5.75 Å². The van der Waals surface area contributed by atoms with Crippen LogP contribution in [0.3, 0.4) is 0 Å². The summed E-state index contributed by atoms with van der Waals surface area (Å²) in [4.78, 5) is 11.1. The second-order valence-electron chi connectivity index (χ2n) is 3.75. The smallest absolute Gasteiger partial charge is 0.131 e. The summed E-state index contributed by atoms with van der Waals surface area (Å²) in [6, 6.07) is 7.95. The van der Waals surface area contributed by atoms with Gasteiger partial charge in [0.15, 0.2) is 0 Å². The fourth-order valence-corrected chi connectivity index (χ4v) is 1.64. The van der Waals surface area contributed by atoms with Crippen molar-refractivity contribution in [2.75, 3.05) is 13.7 Å². The van der Waals surface area contributed by atoms with Crippen LogP contribution in [0.2, 0.25) is 0 Å². The predicted octanol–water partition coefficient (Wildman–Crippen LogP) is 2.32. The second-order valence-corrected chi connectivity index (χ2v) is 3.75. The van der Waals surface area contributed by atoms with Crippen LogP contribution in [-0.4, -0.2) is 19.4 Å². The third kappa shape index (κ3) is 3.66. The number of ether oxygens (including phenoxy) is 1. The molecule has 0 bridgehead atoms. The lowest BCUT2D eigenvalue weighted by Gasteiger charge is -2.15. The van der Waals surface area contributed by atoms with E-state index in [1.807, 2.05) is 38.2 Å². The molecule has 0 aliphatic rings. The first-order valence-electron chi connectivity index (χ1n) is 5.56. The Morgan fingerprint density at radius 3 is 2.44 bits per heavy atom. The highest BCUT2D eigenvalue weighted by atomic mass is 16.5. The van der Waals surface area contributed by atoms with Gasteiger partial charge >= 0.3 is 0 Å². The zero-order valence-corrected chi connectivity index (χ0v) is 10.1. The van der Waals surface area contributed by atoms with Gasteiger partial charge in [-0.1, -0.05) is 12.1 Å². The van der Waals surface area contributed by atoms with Gasteiger partial charge in [-0.3, -0.25) is 4.79 Å². The molecular weight excluding hydrogens is 202 g/mol. The second kappa shape index (κ2) is 6.28. The average molecular weight is 221 g/mol. The number of carbonyl (C=O) groups is 1. The number of hydrogen-bond acceptors (Lipinski definition) is 3. The Hall–Kier alpha value is -1.35. The maximum absolute atomic E-state index is 11.1. The summed E-state index contributed by atoms with van der Waals surface area (Å²) in [6.07, 6.45) is 0.518. The summed E-state index contributed by atoms with van der Waals surface area (Å²) in [6.45, 7) is 4.24. The van der Waals surface area contributed by atoms with Gasteiger partial charge in [0, 0.05) is 12.5 Å². The van der Waals surface area contributed by atoms with Gasteiger partial charge < -0.3 is 10.1 Å². The molecule has 1 N–H and O–H groups in total. The molecule has 0 radical (unpaired) electrons. The number of Topliss-reactive ketones (excluding diaryl/α,β-unsaturated/α-hetero) is 1. The van der Waals surface area contributed by atoms with E-state index >= 15 is 0 Å². The Kier molecular flexibility index (Phi) is 4.99. The first-order chi connectivity index (χ1) is 7.67. The molecule has 0 spiro atoms. The molecule has 1 unspecified atom stereocenters. The molecule has 0 amide bonds. The van der Waals surface area contributed by atoms with Crippen LogP contribution in [0.4, 0.5) is 0 Å². The van der Waals surface area contributed by atoms with E-state index in [4.69, 9.17) is 4.74 Å². The maximum atomic E-state index is 11.1. The number of nitrogens with one attached hydrogen (secondary N) is 1. The Bertz CT molecular complexity index is 332. The van der Waals surface area contributed by atoms with Crippen molar-refractivity contribution in [1.82, 2.24) is 5.32 Å². The number of hydrogen-bond donors (Lipinski definition) is 1. The molecule has 3 nitrogen and oxygen atoms in total. The highest BCUT2D eigenvalue weighted by molar-refractivity contribution is 5.76. The molecule has 16 heavy (non-hydrogen) atoms. The fourth-order valence-electron chi connectivity index (χ4n) is 1.64. The minimum Gasteiger partial charge on any atom is -0.494 e. The van der Waals surface area contributed by atoms with Gasteiger partial charge in [0.05, 0.1) is 6.61 Å². The molecule has 0 aliphatic heterocycles. The molecule has 3 heteroatoms. The summed E-state index contributed by atoms with van der Waals surface area (Å²) in [5, 5.41) is 3.14. The average Bonchev–Trinajstić information content (AvgIpc) is 2.27. The topological polar surface area (TPSA) is 38.3 Å². The van der Waals surface area contributed by atoms with Crippen molar-refractivity contribution in [3.8, 4) is 5.75 Å². The quantitative estimate of drug-likeness (QED) is 0.801. The van der Waals surface area contributed by atoms with Crippen molar-refractivity contribution in [1.29, 1.82) is 0 Å². The Labute approximate surface area is 96.8 Å². The van der Waals surface area contributed by atoms with Crippen LogP contribution in [0.15, 0.2) is 24.3 Å². The van der Waals surface area contributed by atoms with Gasteiger partial charge in [0.25, 0.3) is 0 Å². The lowest BCUT2D eigenvalue weighted by Crippen LogP contribution is -2.18. The van der Waals surface area contributed by atoms with Crippen LogP contribution in [0.25, 0.3) is 0 Å². The molecule has 1 atom stereocenters. The third-order valence-corrected chi connectivity index (χ3v) is 2.43. The number of rotatable bonds is 6. The fraction of sp³-hybridized carbons (Fsp3) is 0.462. The van der Waals surface area contributed by atoms with E-state index in [0.29, 0.717) is 13.0 Å². The Morgan fingerprint density at radius 1 is 1.38 bits per heavy atom. The molecule has 0 fully saturated rings. The Morgan fingerprint density at radius 2 is 2.00 bits per heavy atom. The SMILES string of the molecule is CCOc1ccc(C(CC(C)=O)NC)cc1. The molecule has 1 aromatic carbocycles. The lowest BCUT2D eigenvalue weighted by molar-refractivity contribution is -0.117. The van der Waals surface area contributed by atoms with E-state index in [2.05, 4.69) is 5.32 Å². The minimum absolute atomic E-state index is 0.0909. The molecule has 1 aromatic rings. The van der Waals surface area contributed by atoms with E-state index < -0.39 is 0 Å². The van der Waals surface area contributed by atoms with E-state index in [1.165, 1.54) is 0 Å². The van der Waals surface area contributed by atoms with Crippen molar-refractivity contribution >= 4 is 5.78 Å². The maximum Gasteiger partial charge on any atom is 0.131 e. The van der Waals surface area contributed by atoms with Gasteiger partial charge in [-0.2, -0.15) is 0 Å². The van der Waals surface area contributed by atoms with Crippen LogP contribution in [0, 0.1) is 0 Å². The predicted molar refractivity (Wildman–Crippen MR) is 64.7 cm³/mol. The van der Waals surface area contributed by atoms with Crippen molar-refractivity contribution in [3.05, 3.63) is 29.8 Å². The zero-order valence-electron chi connectivity index (χ0n) is 10.1. The van der Waals surface area contributed by atoms with Crippen LogP contribution >= 0.6 is 0 Å². The number of benzene rings is 1. The monoisotopic (exact) mass is 221 g/mol. The van der Waals surface area contributed by atoms with E-state index in [0.717, 1.165) is 11.3 Å². The highest BCUT2D eigenvalue weighted by Crippen LogP contribution is 2.20. The van der Waals surface area contributed by atoms with Crippen LogP contribution in [0.1, 0.15) is 31.9 Å². The summed E-state index contributed by atoms with van der Waals surface area (Å²) in [7, 11) is 1.87.